The molecule has 0 spiro atoms. The van der Waals surface area contributed by atoms with E-state index in [0.29, 0.717) is 35.5 Å². The van der Waals surface area contributed by atoms with E-state index in [1.54, 1.807) is 42.6 Å². The van der Waals surface area contributed by atoms with Crippen LogP contribution < -0.4 is 9.64 Å². The van der Waals surface area contributed by atoms with E-state index in [-0.39, 0.29) is 6.09 Å². The zero-order chi connectivity index (χ0) is 16.5. The van der Waals surface area contributed by atoms with Crippen molar-refractivity contribution in [1.29, 1.82) is 0 Å². The first-order chi connectivity index (χ1) is 11.7. The number of carbonyl (C=O) groups is 2. The zero-order valence-corrected chi connectivity index (χ0v) is 12.6. The van der Waals surface area contributed by atoms with Crippen LogP contribution in [0.3, 0.4) is 0 Å². The van der Waals surface area contributed by atoms with Crippen molar-refractivity contribution in [3.63, 3.8) is 0 Å². The molecule has 0 radical (unpaired) electrons. The SMILES string of the molecule is O=C(Oc1ccc(N2CCOC2=O)cc1)c1cccc2[nH]ncc12. The van der Waals surface area contributed by atoms with Gasteiger partial charge in [-0.05, 0) is 36.4 Å². The van der Waals surface area contributed by atoms with Gasteiger partial charge >= 0.3 is 12.1 Å². The monoisotopic (exact) mass is 323 g/mol. The van der Waals surface area contributed by atoms with E-state index in [0.717, 1.165) is 5.52 Å². The highest BCUT2D eigenvalue weighted by atomic mass is 16.6. The number of rotatable bonds is 3. The number of fused-ring (bicyclic) bond motifs is 1. The molecule has 120 valence electrons. The summed E-state index contributed by atoms with van der Waals surface area (Å²) in [6.45, 7) is 0.894. The number of cyclic esters (lactones) is 1. The van der Waals surface area contributed by atoms with Gasteiger partial charge in [0.25, 0.3) is 0 Å². The molecule has 1 amide bonds. The maximum Gasteiger partial charge on any atom is 0.414 e. The summed E-state index contributed by atoms with van der Waals surface area (Å²) in [5, 5.41) is 7.45. The molecule has 4 rings (SSSR count). The molecule has 0 unspecified atom stereocenters. The topological polar surface area (TPSA) is 84.5 Å². The second kappa shape index (κ2) is 5.69. The number of ether oxygens (including phenoxy) is 2. The summed E-state index contributed by atoms with van der Waals surface area (Å²) in [5.74, 6) is -0.0628. The minimum atomic E-state index is -0.463. The molecule has 3 aromatic rings. The van der Waals surface area contributed by atoms with Crippen LogP contribution in [0.2, 0.25) is 0 Å². The largest absolute Gasteiger partial charge is 0.447 e. The predicted octanol–water partition coefficient (Wildman–Crippen LogP) is 2.74. The Bertz CT molecular complexity index is 917. The number of benzene rings is 2. The number of esters is 1. The molecule has 1 saturated heterocycles. The number of nitrogens with zero attached hydrogens (tertiary/aromatic N) is 2. The highest BCUT2D eigenvalue weighted by molar-refractivity contribution is 6.04. The number of amides is 1. The fourth-order valence-electron chi connectivity index (χ4n) is 2.63. The van der Waals surface area contributed by atoms with E-state index in [2.05, 4.69) is 10.2 Å². The van der Waals surface area contributed by atoms with Crippen LogP contribution in [0.25, 0.3) is 10.9 Å². The number of aromatic amines is 1. The molecule has 0 saturated carbocycles. The second-order valence-electron chi connectivity index (χ2n) is 5.29. The van der Waals surface area contributed by atoms with Gasteiger partial charge < -0.3 is 9.47 Å². The van der Waals surface area contributed by atoms with Crippen molar-refractivity contribution in [2.45, 2.75) is 0 Å². The molecule has 7 nitrogen and oxygen atoms in total. The van der Waals surface area contributed by atoms with Gasteiger partial charge in [0, 0.05) is 11.1 Å². The first-order valence-electron chi connectivity index (χ1n) is 7.41. The molecule has 0 bridgehead atoms. The quantitative estimate of drug-likeness (QED) is 0.592. The van der Waals surface area contributed by atoms with Crippen molar-refractivity contribution in [2.75, 3.05) is 18.1 Å². The van der Waals surface area contributed by atoms with Gasteiger partial charge in [0.1, 0.15) is 12.4 Å². The van der Waals surface area contributed by atoms with Crippen LogP contribution in [-0.4, -0.2) is 35.4 Å². The Morgan fingerprint density at radius 1 is 1.21 bits per heavy atom. The Morgan fingerprint density at radius 2 is 2.04 bits per heavy atom. The maximum atomic E-state index is 12.4. The molecule has 2 heterocycles. The second-order valence-corrected chi connectivity index (χ2v) is 5.29. The van der Waals surface area contributed by atoms with Crippen LogP contribution in [-0.2, 0) is 4.74 Å². The van der Waals surface area contributed by atoms with Crippen LogP contribution in [0, 0.1) is 0 Å². The van der Waals surface area contributed by atoms with Crippen molar-refractivity contribution in [2.24, 2.45) is 0 Å². The van der Waals surface area contributed by atoms with Crippen molar-refractivity contribution < 1.29 is 19.1 Å². The molecule has 7 heteroatoms. The Hall–Kier alpha value is -3.35. The third-order valence-electron chi connectivity index (χ3n) is 3.82. The summed E-state index contributed by atoms with van der Waals surface area (Å²) in [5.41, 5.74) is 1.91. The van der Waals surface area contributed by atoms with Gasteiger partial charge in [-0.25, -0.2) is 9.59 Å². The third-order valence-corrected chi connectivity index (χ3v) is 3.82. The van der Waals surface area contributed by atoms with Crippen LogP contribution in [0.4, 0.5) is 10.5 Å². The number of hydrogen-bond acceptors (Lipinski definition) is 5. The average molecular weight is 323 g/mol. The first kappa shape index (κ1) is 14.3. The van der Waals surface area contributed by atoms with E-state index < -0.39 is 5.97 Å². The molecule has 1 fully saturated rings. The number of H-pyrrole nitrogens is 1. The van der Waals surface area contributed by atoms with E-state index >= 15 is 0 Å². The highest BCUT2D eigenvalue weighted by Gasteiger charge is 2.23. The standard InChI is InChI=1S/C17H13N3O4/c21-16(13-2-1-3-15-14(13)10-18-19-15)24-12-6-4-11(5-7-12)20-8-9-23-17(20)22/h1-7,10H,8-9H2,(H,18,19). The van der Waals surface area contributed by atoms with E-state index in [4.69, 9.17) is 9.47 Å². The lowest BCUT2D eigenvalue weighted by Gasteiger charge is -2.13. The van der Waals surface area contributed by atoms with Crippen molar-refractivity contribution >= 4 is 28.7 Å². The maximum absolute atomic E-state index is 12.4. The molecule has 24 heavy (non-hydrogen) atoms. The number of hydrogen-bond donors (Lipinski definition) is 1. The van der Waals surface area contributed by atoms with Gasteiger partial charge in [-0.2, -0.15) is 5.10 Å². The van der Waals surface area contributed by atoms with E-state index in [9.17, 15) is 9.59 Å². The van der Waals surface area contributed by atoms with Crippen LogP contribution in [0.15, 0.2) is 48.7 Å². The van der Waals surface area contributed by atoms with Gasteiger partial charge in [0.2, 0.25) is 0 Å². The van der Waals surface area contributed by atoms with Gasteiger partial charge in [-0.3, -0.25) is 10.00 Å². The number of aromatic nitrogens is 2. The average Bonchev–Trinajstić information content (AvgIpc) is 3.24. The van der Waals surface area contributed by atoms with Crippen molar-refractivity contribution in [3.05, 3.63) is 54.2 Å². The van der Waals surface area contributed by atoms with Crippen molar-refractivity contribution in [1.82, 2.24) is 10.2 Å². The number of nitrogens with one attached hydrogen (secondary N) is 1. The normalized spacial score (nSPS) is 14.0. The Morgan fingerprint density at radius 3 is 2.79 bits per heavy atom. The Balaban J connectivity index is 1.54. The molecule has 0 atom stereocenters. The summed E-state index contributed by atoms with van der Waals surface area (Å²) in [6.07, 6.45) is 1.22. The smallest absolute Gasteiger partial charge is 0.414 e. The lowest BCUT2D eigenvalue weighted by Crippen LogP contribution is -2.23. The van der Waals surface area contributed by atoms with Crippen LogP contribution in [0.5, 0.6) is 5.75 Å². The highest BCUT2D eigenvalue weighted by Crippen LogP contribution is 2.24. The molecule has 2 aromatic carbocycles. The minimum absolute atomic E-state index is 0.369. The molecule has 1 aliphatic heterocycles. The fourth-order valence-corrected chi connectivity index (χ4v) is 2.63. The van der Waals surface area contributed by atoms with Crippen LogP contribution >= 0.6 is 0 Å². The molecular weight excluding hydrogens is 310 g/mol. The lowest BCUT2D eigenvalue weighted by molar-refractivity contribution is 0.0736. The molecule has 0 aliphatic carbocycles. The van der Waals surface area contributed by atoms with Gasteiger partial charge in [0.05, 0.1) is 23.8 Å². The van der Waals surface area contributed by atoms with Crippen molar-refractivity contribution in [3.8, 4) is 5.75 Å². The number of carbonyl (C=O) groups excluding carboxylic acids is 2. The summed E-state index contributed by atoms with van der Waals surface area (Å²) >= 11 is 0. The summed E-state index contributed by atoms with van der Waals surface area (Å²) < 4.78 is 10.3. The van der Waals surface area contributed by atoms with E-state index in [1.807, 2.05) is 6.07 Å². The third kappa shape index (κ3) is 2.45. The summed E-state index contributed by atoms with van der Waals surface area (Å²) in [7, 11) is 0. The lowest BCUT2D eigenvalue weighted by atomic mass is 10.1. The fraction of sp³-hybridized carbons (Fsp3) is 0.118. The minimum Gasteiger partial charge on any atom is -0.447 e. The predicted molar refractivity (Wildman–Crippen MR) is 86.2 cm³/mol. The van der Waals surface area contributed by atoms with Gasteiger partial charge in [-0.1, -0.05) is 6.07 Å². The molecule has 1 aromatic heterocycles. The first-order valence-corrected chi connectivity index (χ1v) is 7.41. The molecule has 1 aliphatic rings. The molecular formula is C17H13N3O4. The summed E-state index contributed by atoms with van der Waals surface area (Å²) in [6, 6.07) is 12.0. The van der Waals surface area contributed by atoms with Gasteiger partial charge in [0.15, 0.2) is 0 Å². The zero-order valence-electron chi connectivity index (χ0n) is 12.6. The Labute approximate surface area is 136 Å². The summed E-state index contributed by atoms with van der Waals surface area (Å²) in [4.78, 5) is 25.4. The van der Waals surface area contributed by atoms with E-state index in [1.165, 1.54) is 4.90 Å². The molecule has 1 N–H and O–H groups in total. The number of anilines is 1. The van der Waals surface area contributed by atoms with Gasteiger partial charge in [-0.15, -0.1) is 0 Å². The Kier molecular flexibility index (Phi) is 3.38. The van der Waals surface area contributed by atoms with Crippen LogP contribution in [0.1, 0.15) is 10.4 Å².